The molecule has 0 aliphatic heterocycles. The summed E-state index contributed by atoms with van der Waals surface area (Å²) in [5.41, 5.74) is 1.90. The molecule has 0 unspecified atom stereocenters. The van der Waals surface area contributed by atoms with Gasteiger partial charge in [-0.2, -0.15) is 4.39 Å². The highest BCUT2D eigenvalue weighted by molar-refractivity contribution is 5.62. The van der Waals surface area contributed by atoms with E-state index < -0.39 is 16.4 Å². The van der Waals surface area contributed by atoms with Gasteiger partial charge in [0.25, 0.3) is 0 Å². The van der Waals surface area contributed by atoms with Crippen molar-refractivity contribution < 1.29 is 9.31 Å². The fourth-order valence-corrected chi connectivity index (χ4v) is 2.11. The molecule has 1 N–H and O–H groups in total. The molecule has 2 rings (SSSR count). The maximum absolute atomic E-state index is 13.5. The number of nitrogens with zero attached hydrogens (tertiary/aromatic N) is 1. The number of para-hydroxylation sites is 1. The molecule has 0 aromatic heterocycles. The summed E-state index contributed by atoms with van der Waals surface area (Å²) < 4.78 is 13.5. The molecule has 0 radical (unpaired) electrons. The normalized spacial score (nSPS) is 10.3. The number of nitro benzene ring substituents is 1. The van der Waals surface area contributed by atoms with Crippen LogP contribution in [0.1, 0.15) is 18.1 Å². The van der Waals surface area contributed by atoms with E-state index in [1.165, 1.54) is 17.7 Å². The van der Waals surface area contributed by atoms with Gasteiger partial charge in [0.1, 0.15) is 5.69 Å². The number of anilines is 1. The molecule has 0 saturated carbocycles. The fraction of sp³-hybridized carbons (Fsp3) is 0.200. The summed E-state index contributed by atoms with van der Waals surface area (Å²) >= 11 is 0. The number of hydrogen-bond donors (Lipinski definition) is 1. The molecule has 2 aromatic rings. The molecule has 0 aliphatic rings. The third kappa shape index (κ3) is 2.93. The van der Waals surface area contributed by atoms with Crippen LogP contribution >= 0.6 is 0 Å². The lowest BCUT2D eigenvalue weighted by atomic mass is 10.1. The molecule has 0 aliphatic carbocycles. The highest BCUT2D eigenvalue weighted by atomic mass is 19.1. The highest BCUT2D eigenvalue weighted by Gasteiger charge is 2.19. The number of halogens is 1. The Morgan fingerprint density at radius 1 is 1.15 bits per heavy atom. The Kier molecular flexibility index (Phi) is 4.30. The Hall–Kier alpha value is -2.43. The molecule has 2 aromatic carbocycles. The zero-order chi connectivity index (χ0) is 14.5. The smallest absolute Gasteiger partial charge is 0.327 e. The van der Waals surface area contributed by atoms with Gasteiger partial charge in [-0.3, -0.25) is 10.1 Å². The first kappa shape index (κ1) is 14.0. The molecule has 4 nitrogen and oxygen atoms in total. The van der Waals surface area contributed by atoms with Gasteiger partial charge in [-0.1, -0.05) is 37.3 Å². The van der Waals surface area contributed by atoms with Gasteiger partial charge in [-0.05, 0) is 29.7 Å². The van der Waals surface area contributed by atoms with Crippen LogP contribution in [0.3, 0.4) is 0 Å². The molecule has 0 spiro atoms. The average Bonchev–Trinajstić information content (AvgIpc) is 2.45. The summed E-state index contributed by atoms with van der Waals surface area (Å²) in [6, 6.07) is 11.9. The number of benzene rings is 2. The van der Waals surface area contributed by atoms with Crippen molar-refractivity contribution in [2.24, 2.45) is 0 Å². The van der Waals surface area contributed by atoms with E-state index in [9.17, 15) is 14.5 Å². The Morgan fingerprint density at radius 3 is 2.50 bits per heavy atom. The lowest BCUT2D eigenvalue weighted by Crippen LogP contribution is -2.05. The van der Waals surface area contributed by atoms with Crippen molar-refractivity contribution in [1.82, 2.24) is 0 Å². The molecule has 5 heteroatoms. The molecule has 0 saturated heterocycles. The second kappa shape index (κ2) is 6.14. The Labute approximate surface area is 116 Å². The molecule has 0 heterocycles. The number of rotatable bonds is 5. The SMILES string of the molecule is CCc1ccccc1CNc1cccc(F)c1[N+](=O)[O-]. The summed E-state index contributed by atoms with van der Waals surface area (Å²) in [6.07, 6.45) is 0.878. The summed E-state index contributed by atoms with van der Waals surface area (Å²) in [5.74, 6) is -0.830. The average molecular weight is 274 g/mol. The maximum atomic E-state index is 13.5. The molecule has 0 fully saturated rings. The van der Waals surface area contributed by atoms with E-state index in [0.717, 1.165) is 18.1 Å². The third-order valence-electron chi connectivity index (χ3n) is 3.14. The molecule has 20 heavy (non-hydrogen) atoms. The minimum absolute atomic E-state index is 0.195. The van der Waals surface area contributed by atoms with Crippen LogP contribution in [0.2, 0.25) is 0 Å². The zero-order valence-corrected chi connectivity index (χ0v) is 11.1. The van der Waals surface area contributed by atoms with Gasteiger partial charge < -0.3 is 5.32 Å². The fourth-order valence-electron chi connectivity index (χ4n) is 2.11. The van der Waals surface area contributed by atoms with Crippen molar-refractivity contribution in [3.05, 3.63) is 69.5 Å². The minimum atomic E-state index is -0.830. The van der Waals surface area contributed by atoms with Crippen LogP contribution in [0.15, 0.2) is 42.5 Å². The van der Waals surface area contributed by atoms with Gasteiger partial charge >= 0.3 is 5.69 Å². The first-order chi connectivity index (χ1) is 9.63. The lowest BCUT2D eigenvalue weighted by Gasteiger charge is -2.10. The topological polar surface area (TPSA) is 55.2 Å². The van der Waals surface area contributed by atoms with Gasteiger partial charge in [0.05, 0.1) is 4.92 Å². The minimum Gasteiger partial charge on any atom is -0.375 e. The first-order valence-electron chi connectivity index (χ1n) is 6.37. The van der Waals surface area contributed by atoms with Crippen molar-refractivity contribution in [3.63, 3.8) is 0 Å². The Balaban J connectivity index is 2.23. The Bertz CT molecular complexity index is 629. The summed E-state index contributed by atoms with van der Waals surface area (Å²) in [7, 11) is 0. The van der Waals surface area contributed by atoms with Crippen LogP contribution in [0.5, 0.6) is 0 Å². The number of nitro groups is 1. The van der Waals surface area contributed by atoms with Gasteiger partial charge in [-0.25, -0.2) is 0 Å². The van der Waals surface area contributed by atoms with E-state index in [1.807, 2.05) is 31.2 Å². The van der Waals surface area contributed by atoms with Crippen molar-refractivity contribution >= 4 is 11.4 Å². The highest BCUT2D eigenvalue weighted by Crippen LogP contribution is 2.27. The summed E-state index contributed by atoms with van der Waals surface area (Å²) in [5, 5.41) is 13.8. The van der Waals surface area contributed by atoms with Crippen molar-refractivity contribution in [2.75, 3.05) is 5.32 Å². The van der Waals surface area contributed by atoms with Gasteiger partial charge in [0.15, 0.2) is 0 Å². The quantitative estimate of drug-likeness (QED) is 0.664. The van der Waals surface area contributed by atoms with E-state index in [4.69, 9.17) is 0 Å². The molecule has 0 bridgehead atoms. The van der Waals surface area contributed by atoms with Crippen LogP contribution in [-0.4, -0.2) is 4.92 Å². The molecule has 0 atom stereocenters. The second-order valence-electron chi connectivity index (χ2n) is 4.37. The molecule has 0 amide bonds. The summed E-state index contributed by atoms with van der Waals surface area (Å²) in [6.45, 7) is 2.47. The lowest BCUT2D eigenvalue weighted by molar-refractivity contribution is -0.386. The maximum Gasteiger partial charge on any atom is 0.327 e. The van der Waals surface area contributed by atoms with Crippen LogP contribution in [0.4, 0.5) is 15.8 Å². The van der Waals surface area contributed by atoms with Crippen molar-refractivity contribution in [3.8, 4) is 0 Å². The number of aryl methyl sites for hydroxylation is 1. The summed E-state index contributed by atoms with van der Waals surface area (Å²) in [4.78, 5) is 10.2. The monoisotopic (exact) mass is 274 g/mol. The zero-order valence-electron chi connectivity index (χ0n) is 11.1. The van der Waals surface area contributed by atoms with E-state index in [2.05, 4.69) is 5.32 Å². The molecule has 104 valence electrons. The Morgan fingerprint density at radius 2 is 1.85 bits per heavy atom. The van der Waals surface area contributed by atoms with E-state index in [1.54, 1.807) is 0 Å². The predicted molar refractivity (Wildman–Crippen MR) is 76.2 cm³/mol. The number of nitrogens with one attached hydrogen (secondary N) is 1. The van der Waals surface area contributed by atoms with Gasteiger partial charge in [-0.15, -0.1) is 0 Å². The third-order valence-corrected chi connectivity index (χ3v) is 3.14. The predicted octanol–water partition coefficient (Wildman–Crippen LogP) is 3.91. The van der Waals surface area contributed by atoms with Crippen LogP contribution in [0, 0.1) is 15.9 Å². The van der Waals surface area contributed by atoms with E-state index in [0.29, 0.717) is 6.54 Å². The van der Waals surface area contributed by atoms with Crippen LogP contribution in [0.25, 0.3) is 0 Å². The van der Waals surface area contributed by atoms with Crippen molar-refractivity contribution in [2.45, 2.75) is 19.9 Å². The first-order valence-corrected chi connectivity index (χ1v) is 6.37. The van der Waals surface area contributed by atoms with E-state index >= 15 is 0 Å². The second-order valence-corrected chi connectivity index (χ2v) is 4.37. The molecular weight excluding hydrogens is 259 g/mol. The largest absolute Gasteiger partial charge is 0.375 e. The standard InChI is InChI=1S/C15H15FN2O2/c1-2-11-6-3-4-7-12(11)10-17-14-9-5-8-13(16)15(14)18(19)20/h3-9,17H,2,10H2,1H3. The van der Waals surface area contributed by atoms with Crippen molar-refractivity contribution in [1.29, 1.82) is 0 Å². The van der Waals surface area contributed by atoms with Gasteiger partial charge in [0.2, 0.25) is 5.82 Å². The molecular formula is C15H15FN2O2. The van der Waals surface area contributed by atoms with E-state index in [-0.39, 0.29) is 5.69 Å². The van der Waals surface area contributed by atoms with Crippen LogP contribution < -0.4 is 5.32 Å². The van der Waals surface area contributed by atoms with Gasteiger partial charge in [0, 0.05) is 6.54 Å². The van der Waals surface area contributed by atoms with Crippen LogP contribution in [-0.2, 0) is 13.0 Å². The number of hydrogen-bond acceptors (Lipinski definition) is 3.